The topological polar surface area (TPSA) is 49.3 Å². The van der Waals surface area contributed by atoms with E-state index in [1.54, 1.807) is 12.1 Å². The SMILES string of the molecule is CCC(C)C(O)CNC(=O)c1ccc(C)c(Cl)c1. The van der Waals surface area contributed by atoms with Gasteiger partial charge >= 0.3 is 0 Å². The van der Waals surface area contributed by atoms with Crippen LogP contribution in [0, 0.1) is 12.8 Å². The molecule has 0 aromatic heterocycles. The fraction of sp³-hybridized carbons (Fsp3) is 0.500. The number of nitrogens with one attached hydrogen (secondary N) is 1. The normalized spacial score (nSPS) is 14.1. The van der Waals surface area contributed by atoms with Gasteiger partial charge in [-0.15, -0.1) is 0 Å². The highest BCUT2D eigenvalue weighted by atomic mass is 35.5. The summed E-state index contributed by atoms with van der Waals surface area (Å²) >= 11 is 5.96. The third-order valence-corrected chi connectivity index (χ3v) is 3.61. The van der Waals surface area contributed by atoms with Crippen LogP contribution < -0.4 is 5.32 Å². The second kappa shape index (κ2) is 6.76. The second-order valence-corrected chi connectivity index (χ2v) is 5.03. The summed E-state index contributed by atoms with van der Waals surface area (Å²) in [6.45, 7) is 6.12. The van der Waals surface area contributed by atoms with E-state index in [9.17, 15) is 9.90 Å². The highest BCUT2D eigenvalue weighted by molar-refractivity contribution is 6.31. The molecule has 100 valence electrons. The lowest BCUT2D eigenvalue weighted by Gasteiger charge is -2.17. The van der Waals surface area contributed by atoms with Gasteiger partial charge in [0, 0.05) is 17.1 Å². The van der Waals surface area contributed by atoms with Gasteiger partial charge in [0.25, 0.3) is 5.91 Å². The Morgan fingerprint density at radius 3 is 2.72 bits per heavy atom. The number of benzene rings is 1. The average molecular weight is 270 g/mol. The lowest BCUT2D eigenvalue weighted by atomic mass is 10.0. The number of halogens is 1. The van der Waals surface area contributed by atoms with Crippen molar-refractivity contribution in [2.45, 2.75) is 33.3 Å². The Morgan fingerprint density at radius 2 is 2.17 bits per heavy atom. The number of aliphatic hydroxyl groups excluding tert-OH is 1. The molecule has 0 aliphatic heterocycles. The van der Waals surface area contributed by atoms with Crippen molar-refractivity contribution >= 4 is 17.5 Å². The maximum Gasteiger partial charge on any atom is 0.251 e. The molecule has 1 amide bonds. The Kier molecular flexibility index (Phi) is 5.63. The Hall–Kier alpha value is -1.06. The second-order valence-electron chi connectivity index (χ2n) is 4.63. The summed E-state index contributed by atoms with van der Waals surface area (Å²) in [6, 6.07) is 5.18. The first kappa shape index (κ1) is 15.0. The van der Waals surface area contributed by atoms with Crippen LogP contribution in [0.2, 0.25) is 5.02 Å². The van der Waals surface area contributed by atoms with E-state index in [4.69, 9.17) is 11.6 Å². The van der Waals surface area contributed by atoms with E-state index in [1.165, 1.54) is 0 Å². The molecule has 2 N–H and O–H groups in total. The number of carbonyl (C=O) groups is 1. The molecule has 0 heterocycles. The van der Waals surface area contributed by atoms with E-state index in [0.29, 0.717) is 10.6 Å². The Morgan fingerprint density at radius 1 is 1.50 bits per heavy atom. The molecule has 3 nitrogen and oxygen atoms in total. The maximum atomic E-state index is 11.8. The van der Waals surface area contributed by atoms with Crippen molar-refractivity contribution in [2.75, 3.05) is 6.54 Å². The molecule has 0 spiro atoms. The van der Waals surface area contributed by atoms with Crippen molar-refractivity contribution in [1.29, 1.82) is 0 Å². The van der Waals surface area contributed by atoms with E-state index in [2.05, 4.69) is 5.32 Å². The van der Waals surface area contributed by atoms with Gasteiger partial charge in [-0.3, -0.25) is 4.79 Å². The molecular formula is C14H20ClNO2. The predicted octanol–water partition coefficient (Wildman–Crippen LogP) is 2.79. The van der Waals surface area contributed by atoms with Gasteiger partial charge < -0.3 is 10.4 Å². The number of aryl methyl sites for hydroxylation is 1. The monoisotopic (exact) mass is 269 g/mol. The largest absolute Gasteiger partial charge is 0.391 e. The molecule has 1 rings (SSSR count). The third-order valence-electron chi connectivity index (χ3n) is 3.21. The zero-order chi connectivity index (χ0) is 13.7. The van der Waals surface area contributed by atoms with Crippen LogP contribution in [-0.2, 0) is 0 Å². The molecule has 2 unspecified atom stereocenters. The number of amides is 1. The number of carbonyl (C=O) groups excluding carboxylic acids is 1. The van der Waals surface area contributed by atoms with Crippen LogP contribution in [0.3, 0.4) is 0 Å². The average Bonchev–Trinajstić information content (AvgIpc) is 2.37. The molecule has 4 heteroatoms. The van der Waals surface area contributed by atoms with Gasteiger partial charge in [0.2, 0.25) is 0 Å². The van der Waals surface area contributed by atoms with E-state index >= 15 is 0 Å². The number of hydrogen-bond acceptors (Lipinski definition) is 2. The first-order valence-corrected chi connectivity index (χ1v) is 6.56. The van der Waals surface area contributed by atoms with Gasteiger partial charge in [0.15, 0.2) is 0 Å². The fourth-order valence-electron chi connectivity index (χ4n) is 1.51. The summed E-state index contributed by atoms with van der Waals surface area (Å²) in [5, 5.41) is 13.1. The molecule has 0 fully saturated rings. The van der Waals surface area contributed by atoms with Crippen LogP contribution >= 0.6 is 11.6 Å². The predicted molar refractivity (Wildman–Crippen MR) is 74.0 cm³/mol. The van der Waals surface area contributed by atoms with Crippen molar-refractivity contribution in [1.82, 2.24) is 5.32 Å². The number of aliphatic hydroxyl groups is 1. The van der Waals surface area contributed by atoms with Crippen LogP contribution in [0.5, 0.6) is 0 Å². The summed E-state index contributed by atoms with van der Waals surface area (Å²) in [6.07, 6.45) is 0.368. The van der Waals surface area contributed by atoms with Crippen LogP contribution in [0.1, 0.15) is 36.2 Å². The molecule has 0 aliphatic carbocycles. The van der Waals surface area contributed by atoms with Crippen molar-refractivity contribution in [3.8, 4) is 0 Å². The Balaban J connectivity index is 2.58. The molecule has 1 aromatic rings. The maximum absolute atomic E-state index is 11.8. The molecule has 0 saturated carbocycles. The standard InChI is InChI=1S/C14H20ClNO2/c1-4-9(2)13(17)8-16-14(18)11-6-5-10(3)12(15)7-11/h5-7,9,13,17H,4,8H2,1-3H3,(H,16,18). The summed E-state index contributed by atoms with van der Waals surface area (Å²) in [7, 11) is 0. The van der Waals surface area contributed by atoms with Crippen molar-refractivity contribution < 1.29 is 9.90 Å². The summed E-state index contributed by atoms with van der Waals surface area (Å²) in [5.74, 6) is -0.0360. The van der Waals surface area contributed by atoms with Gasteiger partial charge in [0.1, 0.15) is 0 Å². The zero-order valence-electron chi connectivity index (χ0n) is 11.0. The van der Waals surface area contributed by atoms with Crippen LogP contribution in [0.25, 0.3) is 0 Å². The summed E-state index contributed by atoms with van der Waals surface area (Å²) in [4.78, 5) is 11.8. The molecule has 1 aromatic carbocycles. The lowest BCUT2D eigenvalue weighted by molar-refractivity contribution is 0.0850. The number of hydrogen-bond donors (Lipinski definition) is 2. The van der Waals surface area contributed by atoms with Crippen LogP contribution in [0.15, 0.2) is 18.2 Å². The van der Waals surface area contributed by atoms with Crippen molar-refractivity contribution in [2.24, 2.45) is 5.92 Å². The van der Waals surface area contributed by atoms with Gasteiger partial charge in [0.05, 0.1) is 6.10 Å². The molecular weight excluding hydrogens is 250 g/mol. The first-order chi connectivity index (χ1) is 8.45. The molecule has 0 radical (unpaired) electrons. The molecule has 0 bridgehead atoms. The minimum absolute atomic E-state index is 0.173. The molecule has 0 saturated heterocycles. The van der Waals surface area contributed by atoms with Crippen molar-refractivity contribution in [3.05, 3.63) is 34.3 Å². The van der Waals surface area contributed by atoms with E-state index in [0.717, 1.165) is 12.0 Å². The Labute approximate surface area is 113 Å². The minimum Gasteiger partial charge on any atom is -0.391 e. The van der Waals surface area contributed by atoms with E-state index < -0.39 is 6.10 Å². The zero-order valence-corrected chi connectivity index (χ0v) is 11.8. The fourth-order valence-corrected chi connectivity index (χ4v) is 1.69. The highest BCUT2D eigenvalue weighted by Gasteiger charge is 2.14. The molecule has 18 heavy (non-hydrogen) atoms. The third kappa shape index (κ3) is 4.00. The van der Waals surface area contributed by atoms with Crippen molar-refractivity contribution in [3.63, 3.8) is 0 Å². The van der Waals surface area contributed by atoms with Crippen LogP contribution in [0.4, 0.5) is 0 Å². The van der Waals surface area contributed by atoms with Gasteiger partial charge in [-0.05, 0) is 30.5 Å². The van der Waals surface area contributed by atoms with Gasteiger partial charge in [-0.1, -0.05) is 37.9 Å². The summed E-state index contributed by atoms with van der Waals surface area (Å²) < 4.78 is 0. The molecule has 0 aliphatic rings. The smallest absolute Gasteiger partial charge is 0.251 e. The summed E-state index contributed by atoms with van der Waals surface area (Å²) in [5.41, 5.74) is 1.45. The Bertz CT molecular complexity index is 420. The van der Waals surface area contributed by atoms with E-state index in [-0.39, 0.29) is 18.4 Å². The minimum atomic E-state index is -0.514. The number of rotatable bonds is 5. The quantitative estimate of drug-likeness (QED) is 0.864. The van der Waals surface area contributed by atoms with Crippen LogP contribution in [-0.4, -0.2) is 23.7 Å². The van der Waals surface area contributed by atoms with Gasteiger partial charge in [-0.2, -0.15) is 0 Å². The lowest BCUT2D eigenvalue weighted by Crippen LogP contribution is -2.35. The van der Waals surface area contributed by atoms with E-state index in [1.807, 2.05) is 26.8 Å². The molecule has 2 atom stereocenters. The first-order valence-electron chi connectivity index (χ1n) is 6.18. The van der Waals surface area contributed by atoms with Gasteiger partial charge in [-0.25, -0.2) is 0 Å². The highest BCUT2D eigenvalue weighted by Crippen LogP contribution is 2.16.